The van der Waals surface area contributed by atoms with Crippen molar-refractivity contribution in [3.8, 4) is 0 Å². The van der Waals surface area contributed by atoms with Crippen LogP contribution in [-0.4, -0.2) is 30.1 Å². The smallest absolute Gasteiger partial charge is 0.0339 e. The summed E-state index contributed by atoms with van der Waals surface area (Å²) in [5, 5.41) is 7.57. The van der Waals surface area contributed by atoms with Crippen molar-refractivity contribution in [3.05, 3.63) is 35.6 Å². The molecule has 3 rings (SSSR count). The zero-order chi connectivity index (χ0) is 22.1. The molecule has 1 heterocycles. The molecule has 172 valence electrons. The van der Waals surface area contributed by atoms with E-state index in [-0.39, 0.29) is 0 Å². The second kappa shape index (κ2) is 12.4. The highest BCUT2D eigenvalue weighted by Gasteiger charge is 2.38. The van der Waals surface area contributed by atoms with Crippen LogP contribution in [0.25, 0.3) is 0 Å². The second-order valence-electron chi connectivity index (χ2n) is 10.1. The molecule has 3 aliphatic rings. The summed E-state index contributed by atoms with van der Waals surface area (Å²) in [5.74, 6) is 4.34. The first-order valence-corrected chi connectivity index (χ1v) is 13.6. The molecule has 3 heteroatoms. The van der Waals surface area contributed by atoms with E-state index < -0.39 is 0 Å². The molecule has 2 aliphatic carbocycles. The minimum absolute atomic E-state index is 0.518. The van der Waals surface area contributed by atoms with Crippen LogP contribution in [0, 0.1) is 17.3 Å². The highest BCUT2D eigenvalue weighted by molar-refractivity contribution is 7.99. The zero-order valence-corrected chi connectivity index (χ0v) is 21.5. The Morgan fingerprint density at radius 3 is 2.33 bits per heavy atom. The van der Waals surface area contributed by atoms with Crippen molar-refractivity contribution in [2.45, 2.75) is 98.6 Å². The van der Waals surface area contributed by atoms with Crippen molar-refractivity contribution in [1.29, 1.82) is 0 Å². The summed E-state index contributed by atoms with van der Waals surface area (Å²) in [7, 11) is 0. The molecule has 0 aromatic rings. The summed E-state index contributed by atoms with van der Waals surface area (Å²) in [4.78, 5) is 0. The summed E-state index contributed by atoms with van der Waals surface area (Å²) in [6.45, 7) is 18.8. The maximum absolute atomic E-state index is 4.36. The quantitative estimate of drug-likeness (QED) is 0.400. The molecule has 2 saturated carbocycles. The Kier molecular flexibility index (Phi) is 10.6. The topological polar surface area (TPSA) is 24.1 Å². The number of allylic oxidation sites excluding steroid dienone is 2. The monoisotopic (exact) mass is 432 g/mol. The SMILES string of the molecule is C=C(NC1CCC(C)(C)CC1)C(=C/C)/C=C(\C)C1CC1NCC1CCSCC1.CC. The third-order valence-electron chi connectivity index (χ3n) is 7.15. The average Bonchev–Trinajstić information content (AvgIpc) is 3.54. The van der Waals surface area contributed by atoms with E-state index in [1.165, 1.54) is 74.1 Å². The molecule has 30 heavy (non-hydrogen) atoms. The first-order chi connectivity index (χ1) is 14.4. The van der Waals surface area contributed by atoms with Gasteiger partial charge in [0, 0.05) is 17.8 Å². The van der Waals surface area contributed by atoms with Gasteiger partial charge in [-0.3, -0.25) is 0 Å². The number of nitrogens with one attached hydrogen (secondary N) is 2. The van der Waals surface area contributed by atoms with E-state index in [1.54, 1.807) is 0 Å². The van der Waals surface area contributed by atoms with Crippen LogP contribution in [0.1, 0.15) is 86.5 Å². The highest BCUT2D eigenvalue weighted by Crippen LogP contribution is 2.39. The van der Waals surface area contributed by atoms with Gasteiger partial charge in [-0.1, -0.05) is 52.0 Å². The van der Waals surface area contributed by atoms with Gasteiger partial charge in [0.05, 0.1) is 0 Å². The molecule has 2 nitrogen and oxygen atoms in total. The molecule has 0 bridgehead atoms. The lowest BCUT2D eigenvalue weighted by Gasteiger charge is -2.35. The Morgan fingerprint density at radius 1 is 1.10 bits per heavy atom. The number of rotatable bonds is 8. The highest BCUT2D eigenvalue weighted by atomic mass is 32.2. The van der Waals surface area contributed by atoms with E-state index >= 15 is 0 Å². The lowest BCUT2D eigenvalue weighted by molar-refractivity contribution is 0.213. The number of hydrogen-bond acceptors (Lipinski definition) is 3. The fourth-order valence-corrected chi connectivity index (χ4v) is 5.97. The second-order valence-corrected chi connectivity index (χ2v) is 11.3. The third-order valence-corrected chi connectivity index (χ3v) is 8.19. The van der Waals surface area contributed by atoms with Crippen LogP contribution < -0.4 is 10.6 Å². The Labute approximate surface area is 191 Å². The van der Waals surface area contributed by atoms with Crippen molar-refractivity contribution in [2.75, 3.05) is 18.1 Å². The molecule has 0 aromatic heterocycles. The molecule has 0 aromatic carbocycles. The standard InChI is InChI=1S/C25H42N2S.C2H6/c1-6-21(19(3)27-22-7-11-25(4,5)12-8-22)15-18(2)23-16-24(23)26-17-20-9-13-28-14-10-20;1-2/h6,15,20,22-24,26-27H,3,7-14,16-17H2,1-2,4-5H3;1-2H3/b18-15+,21-6+;. The van der Waals surface area contributed by atoms with Gasteiger partial charge in [-0.05, 0) is 99.7 Å². The van der Waals surface area contributed by atoms with Gasteiger partial charge in [-0.25, -0.2) is 0 Å². The van der Waals surface area contributed by atoms with Gasteiger partial charge in [0.1, 0.15) is 0 Å². The molecule has 2 unspecified atom stereocenters. The summed E-state index contributed by atoms with van der Waals surface area (Å²) in [5.41, 5.74) is 4.41. The summed E-state index contributed by atoms with van der Waals surface area (Å²) >= 11 is 2.12. The molecule has 2 N–H and O–H groups in total. The maximum Gasteiger partial charge on any atom is 0.0339 e. The van der Waals surface area contributed by atoms with Gasteiger partial charge >= 0.3 is 0 Å². The van der Waals surface area contributed by atoms with E-state index in [0.29, 0.717) is 17.5 Å². The van der Waals surface area contributed by atoms with Crippen LogP contribution >= 0.6 is 11.8 Å². The molecule has 0 radical (unpaired) electrons. The molecule has 1 saturated heterocycles. The minimum atomic E-state index is 0.518. The number of thioether (sulfide) groups is 1. The van der Waals surface area contributed by atoms with Gasteiger partial charge in [0.15, 0.2) is 0 Å². The van der Waals surface area contributed by atoms with E-state index in [2.05, 4.69) is 68.8 Å². The Balaban J connectivity index is 0.00000155. The Hall–Kier alpha value is -0.670. The van der Waals surface area contributed by atoms with Gasteiger partial charge < -0.3 is 10.6 Å². The van der Waals surface area contributed by atoms with E-state index in [1.807, 2.05) is 13.8 Å². The van der Waals surface area contributed by atoms with Crippen LogP contribution in [-0.2, 0) is 0 Å². The van der Waals surface area contributed by atoms with E-state index in [4.69, 9.17) is 0 Å². The fourth-order valence-electron chi connectivity index (χ4n) is 4.76. The molecule has 1 aliphatic heterocycles. The fraction of sp³-hybridized carbons (Fsp3) is 0.778. The molecule has 2 atom stereocenters. The Morgan fingerprint density at radius 2 is 1.73 bits per heavy atom. The summed E-state index contributed by atoms with van der Waals surface area (Å²) in [6, 6.07) is 1.29. The van der Waals surface area contributed by atoms with Crippen molar-refractivity contribution in [1.82, 2.24) is 10.6 Å². The molecular formula is C27H48N2S. The van der Waals surface area contributed by atoms with Crippen molar-refractivity contribution in [3.63, 3.8) is 0 Å². The molecular weight excluding hydrogens is 384 g/mol. The normalized spacial score (nSPS) is 27.8. The maximum atomic E-state index is 4.36. The van der Waals surface area contributed by atoms with E-state index in [0.717, 1.165) is 17.5 Å². The average molecular weight is 433 g/mol. The van der Waals surface area contributed by atoms with Crippen molar-refractivity contribution < 1.29 is 0 Å². The summed E-state index contributed by atoms with van der Waals surface area (Å²) < 4.78 is 0. The predicted octanol–water partition coefficient (Wildman–Crippen LogP) is 7.10. The largest absolute Gasteiger partial charge is 0.382 e. The minimum Gasteiger partial charge on any atom is -0.382 e. The van der Waals surface area contributed by atoms with Crippen molar-refractivity contribution >= 4 is 11.8 Å². The molecule has 3 fully saturated rings. The molecule has 0 amide bonds. The first kappa shape index (κ1) is 25.6. The van der Waals surface area contributed by atoms with Crippen LogP contribution in [0.4, 0.5) is 0 Å². The van der Waals surface area contributed by atoms with Crippen molar-refractivity contribution in [2.24, 2.45) is 17.3 Å². The zero-order valence-electron chi connectivity index (χ0n) is 20.7. The van der Waals surface area contributed by atoms with Gasteiger partial charge in [0.2, 0.25) is 0 Å². The van der Waals surface area contributed by atoms with Crippen LogP contribution in [0.3, 0.4) is 0 Å². The van der Waals surface area contributed by atoms with Gasteiger partial charge in [0.25, 0.3) is 0 Å². The lowest BCUT2D eigenvalue weighted by Crippen LogP contribution is -2.35. The van der Waals surface area contributed by atoms with Crippen LogP contribution in [0.15, 0.2) is 35.6 Å². The van der Waals surface area contributed by atoms with Gasteiger partial charge in [-0.15, -0.1) is 0 Å². The third kappa shape index (κ3) is 8.11. The van der Waals surface area contributed by atoms with Crippen LogP contribution in [0.2, 0.25) is 0 Å². The number of hydrogen-bond donors (Lipinski definition) is 2. The van der Waals surface area contributed by atoms with E-state index in [9.17, 15) is 0 Å². The van der Waals surface area contributed by atoms with Crippen LogP contribution in [0.5, 0.6) is 0 Å². The first-order valence-electron chi connectivity index (χ1n) is 12.5. The lowest BCUT2D eigenvalue weighted by atomic mass is 9.75. The Bertz CT molecular complexity index is 588. The predicted molar refractivity (Wildman–Crippen MR) is 137 cm³/mol. The summed E-state index contributed by atoms with van der Waals surface area (Å²) in [6.07, 6.45) is 13.9. The van der Waals surface area contributed by atoms with Gasteiger partial charge in [-0.2, -0.15) is 11.8 Å². The molecule has 0 spiro atoms.